The maximum Gasteiger partial charge on any atom is 0.295 e. The fraction of sp³-hybridized carbons (Fsp3) is 0.0952. The molecule has 0 bridgehead atoms. The summed E-state index contributed by atoms with van der Waals surface area (Å²) in [5.41, 5.74) is 1.94. The number of likely N-dealkylation sites (tertiary alicyclic amines) is 1. The Balaban J connectivity index is 1.85. The molecule has 1 amide bonds. The van der Waals surface area contributed by atoms with Gasteiger partial charge in [-0.05, 0) is 41.5 Å². The van der Waals surface area contributed by atoms with E-state index in [1.54, 1.807) is 61.2 Å². The van der Waals surface area contributed by atoms with Crippen LogP contribution in [-0.4, -0.2) is 36.6 Å². The van der Waals surface area contributed by atoms with E-state index < -0.39 is 17.7 Å². The van der Waals surface area contributed by atoms with Gasteiger partial charge in [-0.2, -0.15) is 0 Å². The van der Waals surface area contributed by atoms with Crippen molar-refractivity contribution < 1.29 is 14.7 Å². The van der Waals surface area contributed by atoms with E-state index in [9.17, 15) is 14.7 Å². The van der Waals surface area contributed by atoms with Crippen molar-refractivity contribution in [1.82, 2.24) is 19.9 Å². The molecule has 7 heteroatoms. The molecule has 1 saturated heterocycles. The van der Waals surface area contributed by atoms with E-state index in [0.29, 0.717) is 11.1 Å². The summed E-state index contributed by atoms with van der Waals surface area (Å²) in [6.45, 7) is 0.208. The number of aliphatic hydroxyl groups excluding tert-OH is 1. The lowest BCUT2D eigenvalue weighted by Crippen LogP contribution is -2.29. The van der Waals surface area contributed by atoms with Gasteiger partial charge in [-0.25, -0.2) is 0 Å². The van der Waals surface area contributed by atoms with Crippen LogP contribution in [-0.2, 0) is 16.1 Å². The number of aliphatic hydroxyl groups is 1. The van der Waals surface area contributed by atoms with Crippen molar-refractivity contribution in [3.8, 4) is 0 Å². The first-order chi connectivity index (χ1) is 13.7. The number of carbonyl (C=O) groups excluding carboxylic acids is 2. The van der Waals surface area contributed by atoms with Crippen LogP contribution in [0.25, 0.3) is 5.76 Å². The Hall–Kier alpha value is -3.87. The van der Waals surface area contributed by atoms with Gasteiger partial charge in [-0.15, -0.1) is 0 Å². The van der Waals surface area contributed by atoms with E-state index >= 15 is 0 Å². The van der Waals surface area contributed by atoms with E-state index in [4.69, 9.17) is 0 Å². The van der Waals surface area contributed by atoms with Gasteiger partial charge in [-0.1, -0.05) is 6.07 Å². The number of pyridine rings is 3. The summed E-state index contributed by atoms with van der Waals surface area (Å²) in [5, 5.41) is 10.8. The standard InChI is InChI=1S/C21H16N4O3/c26-19(15-5-10-23-11-6-15)17-18(16-2-1-7-24-12-16)25(21(28)20(17)27)13-14-3-8-22-9-4-14/h1-12,18,26H,13H2/b19-17-. The van der Waals surface area contributed by atoms with Crippen LogP contribution >= 0.6 is 0 Å². The van der Waals surface area contributed by atoms with Crippen molar-refractivity contribution in [2.24, 2.45) is 0 Å². The zero-order valence-corrected chi connectivity index (χ0v) is 14.8. The molecule has 1 atom stereocenters. The molecule has 1 unspecified atom stereocenters. The van der Waals surface area contributed by atoms with E-state index in [1.165, 1.54) is 17.3 Å². The molecule has 28 heavy (non-hydrogen) atoms. The van der Waals surface area contributed by atoms with Crippen molar-refractivity contribution in [1.29, 1.82) is 0 Å². The molecule has 1 aliphatic rings. The first-order valence-electron chi connectivity index (χ1n) is 8.64. The highest BCUT2D eigenvalue weighted by Crippen LogP contribution is 2.39. The van der Waals surface area contributed by atoms with Crippen LogP contribution in [0.3, 0.4) is 0 Å². The Bertz CT molecular complexity index is 1040. The van der Waals surface area contributed by atoms with Crippen LogP contribution < -0.4 is 0 Å². The number of Topliss-reactive ketones (excluding diaryl/α,β-unsaturated/α-hetero) is 1. The van der Waals surface area contributed by atoms with Crippen LogP contribution in [0.4, 0.5) is 0 Å². The third-order valence-corrected chi connectivity index (χ3v) is 4.60. The third-order valence-electron chi connectivity index (χ3n) is 4.60. The van der Waals surface area contributed by atoms with E-state index in [1.807, 2.05) is 0 Å². The second-order valence-electron chi connectivity index (χ2n) is 6.30. The number of amides is 1. The minimum absolute atomic E-state index is 0.0401. The number of carbonyl (C=O) groups is 2. The molecule has 0 aromatic carbocycles. The first-order valence-corrected chi connectivity index (χ1v) is 8.64. The van der Waals surface area contributed by atoms with Crippen LogP contribution in [0.15, 0.2) is 79.2 Å². The van der Waals surface area contributed by atoms with Gasteiger partial charge in [0.05, 0.1) is 11.6 Å². The van der Waals surface area contributed by atoms with E-state index in [-0.39, 0.29) is 17.9 Å². The minimum atomic E-state index is -0.741. The number of hydrogen-bond donors (Lipinski definition) is 1. The highest BCUT2D eigenvalue weighted by atomic mass is 16.3. The monoisotopic (exact) mass is 372 g/mol. The molecule has 7 nitrogen and oxygen atoms in total. The smallest absolute Gasteiger partial charge is 0.295 e. The van der Waals surface area contributed by atoms with Gasteiger partial charge in [-0.3, -0.25) is 24.5 Å². The zero-order valence-electron chi connectivity index (χ0n) is 14.8. The predicted molar refractivity (Wildman–Crippen MR) is 101 cm³/mol. The minimum Gasteiger partial charge on any atom is -0.507 e. The second-order valence-corrected chi connectivity index (χ2v) is 6.30. The molecule has 4 heterocycles. The van der Waals surface area contributed by atoms with Crippen LogP contribution in [0.1, 0.15) is 22.7 Å². The van der Waals surface area contributed by atoms with E-state index in [2.05, 4.69) is 15.0 Å². The molecule has 3 aromatic rings. The molecule has 1 fully saturated rings. The van der Waals surface area contributed by atoms with Gasteiger partial charge < -0.3 is 10.0 Å². The molecular formula is C21H16N4O3. The molecule has 0 saturated carbocycles. The summed E-state index contributed by atoms with van der Waals surface area (Å²) < 4.78 is 0. The largest absolute Gasteiger partial charge is 0.507 e. The maximum atomic E-state index is 12.8. The molecule has 1 aliphatic heterocycles. The summed E-state index contributed by atoms with van der Waals surface area (Å²) in [7, 11) is 0. The Labute approximate surface area is 161 Å². The number of aromatic nitrogens is 3. The fourth-order valence-electron chi connectivity index (χ4n) is 3.28. The average molecular weight is 372 g/mol. The SMILES string of the molecule is O=C1C(=O)N(Cc2ccncc2)C(c2cccnc2)/C1=C(/O)c1ccncc1. The molecule has 0 aliphatic carbocycles. The van der Waals surface area contributed by atoms with Crippen LogP contribution in [0.2, 0.25) is 0 Å². The second kappa shape index (κ2) is 7.40. The van der Waals surface area contributed by atoms with Gasteiger partial charge in [0.15, 0.2) is 0 Å². The quantitative estimate of drug-likeness (QED) is 0.429. The molecule has 4 rings (SSSR count). The molecule has 0 radical (unpaired) electrons. The molecule has 3 aromatic heterocycles. The lowest BCUT2D eigenvalue weighted by Gasteiger charge is -2.25. The topological polar surface area (TPSA) is 96.3 Å². The van der Waals surface area contributed by atoms with Gasteiger partial charge in [0.1, 0.15) is 5.76 Å². The molecule has 0 spiro atoms. The average Bonchev–Trinajstić information content (AvgIpc) is 3.00. The first kappa shape index (κ1) is 17.5. The molecule has 1 N–H and O–H groups in total. The summed E-state index contributed by atoms with van der Waals surface area (Å²) >= 11 is 0. The lowest BCUT2D eigenvalue weighted by molar-refractivity contribution is -0.140. The van der Waals surface area contributed by atoms with Crippen molar-refractivity contribution >= 4 is 17.4 Å². The number of rotatable bonds is 4. The van der Waals surface area contributed by atoms with Crippen LogP contribution in [0.5, 0.6) is 0 Å². The Morgan fingerprint density at radius 1 is 0.929 bits per heavy atom. The van der Waals surface area contributed by atoms with E-state index in [0.717, 1.165) is 5.56 Å². The van der Waals surface area contributed by atoms with Gasteiger partial charge >= 0.3 is 0 Å². The van der Waals surface area contributed by atoms with Crippen molar-refractivity contribution in [3.05, 3.63) is 95.8 Å². The summed E-state index contributed by atoms with van der Waals surface area (Å²) in [4.78, 5) is 39.1. The molecular weight excluding hydrogens is 356 g/mol. The fourth-order valence-corrected chi connectivity index (χ4v) is 3.28. The summed E-state index contributed by atoms with van der Waals surface area (Å²) in [6.07, 6.45) is 9.49. The Morgan fingerprint density at radius 3 is 2.25 bits per heavy atom. The predicted octanol–water partition coefficient (Wildman–Crippen LogP) is 2.49. The number of hydrogen-bond acceptors (Lipinski definition) is 6. The van der Waals surface area contributed by atoms with Crippen molar-refractivity contribution in [2.75, 3.05) is 0 Å². The highest BCUT2D eigenvalue weighted by Gasteiger charge is 2.46. The highest BCUT2D eigenvalue weighted by molar-refractivity contribution is 6.46. The number of nitrogens with zero attached hydrogens (tertiary/aromatic N) is 4. The van der Waals surface area contributed by atoms with Gasteiger partial charge in [0.2, 0.25) is 0 Å². The Kier molecular flexibility index (Phi) is 4.63. The zero-order chi connectivity index (χ0) is 19.5. The Morgan fingerprint density at radius 2 is 1.61 bits per heavy atom. The van der Waals surface area contributed by atoms with Gasteiger partial charge in [0.25, 0.3) is 11.7 Å². The summed E-state index contributed by atoms with van der Waals surface area (Å²) in [6, 6.07) is 9.51. The number of ketones is 1. The van der Waals surface area contributed by atoms with Crippen LogP contribution in [0, 0.1) is 0 Å². The van der Waals surface area contributed by atoms with Crippen molar-refractivity contribution in [3.63, 3.8) is 0 Å². The molecule has 138 valence electrons. The maximum absolute atomic E-state index is 12.8. The normalized spacial score (nSPS) is 18.4. The lowest BCUT2D eigenvalue weighted by atomic mass is 9.96. The van der Waals surface area contributed by atoms with Gasteiger partial charge in [0, 0.05) is 49.3 Å². The van der Waals surface area contributed by atoms with Crippen molar-refractivity contribution in [2.45, 2.75) is 12.6 Å². The summed E-state index contributed by atoms with van der Waals surface area (Å²) in [5.74, 6) is -1.62. The third kappa shape index (κ3) is 3.14.